The van der Waals surface area contributed by atoms with Gasteiger partial charge in [-0.3, -0.25) is 0 Å². The zero-order valence-corrected chi connectivity index (χ0v) is 11.2. The Bertz CT molecular complexity index is 508. The SMILES string of the molecule is O=C(O)c1cc(SCOCc2ccccc2)cs1. The van der Waals surface area contributed by atoms with Gasteiger partial charge in [0.25, 0.3) is 0 Å². The van der Waals surface area contributed by atoms with Gasteiger partial charge in [-0.1, -0.05) is 42.1 Å². The van der Waals surface area contributed by atoms with E-state index in [0.29, 0.717) is 17.4 Å². The van der Waals surface area contributed by atoms with Crippen molar-refractivity contribution in [1.82, 2.24) is 0 Å². The number of benzene rings is 1. The van der Waals surface area contributed by atoms with E-state index in [-0.39, 0.29) is 0 Å². The summed E-state index contributed by atoms with van der Waals surface area (Å²) in [5.41, 5.74) is 1.13. The number of carbonyl (C=O) groups is 1. The second kappa shape index (κ2) is 6.58. The molecule has 1 aromatic carbocycles. The number of aromatic carboxylic acids is 1. The van der Waals surface area contributed by atoms with Crippen LogP contribution >= 0.6 is 23.1 Å². The summed E-state index contributed by atoms with van der Waals surface area (Å²) in [7, 11) is 0. The van der Waals surface area contributed by atoms with E-state index in [0.717, 1.165) is 10.5 Å². The quantitative estimate of drug-likeness (QED) is 0.498. The summed E-state index contributed by atoms with van der Waals surface area (Å²) in [6.45, 7) is 0.573. The van der Waals surface area contributed by atoms with E-state index in [4.69, 9.17) is 9.84 Å². The first-order valence-electron chi connectivity index (χ1n) is 5.32. The lowest BCUT2D eigenvalue weighted by Gasteiger charge is -2.02. The Kier molecular flexibility index (Phi) is 4.81. The van der Waals surface area contributed by atoms with Crippen LogP contribution in [0.3, 0.4) is 0 Å². The maximum Gasteiger partial charge on any atom is 0.345 e. The second-order valence-corrected chi connectivity index (χ2v) is 5.46. The van der Waals surface area contributed by atoms with Crippen molar-refractivity contribution in [3.05, 3.63) is 52.2 Å². The number of hydrogen-bond donors (Lipinski definition) is 1. The molecule has 3 nitrogen and oxygen atoms in total. The summed E-state index contributed by atoms with van der Waals surface area (Å²) in [5.74, 6) is -0.359. The van der Waals surface area contributed by atoms with Crippen LogP contribution in [0.25, 0.3) is 0 Å². The fourth-order valence-corrected chi connectivity index (χ4v) is 2.95. The molecule has 94 valence electrons. The fraction of sp³-hybridized carbons (Fsp3) is 0.154. The van der Waals surface area contributed by atoms with Crippen LogP contribution in [-0.4, -0.2) is 17.0 Å². The molecule has 18 heavy (non-hydrogen) atoms. The first-order valence-corrected chi connectivity index (χ1v) is 7.18. The van der Waals surface area contributed by atoms with Crippen molar-refractivity contribution in [3.63, 3.8) is 0 Å². The molecule has 5 heteroatoms. The van der Waals surface area contributed by atoms with Crippen molar-refractivity contribution in [3.8, 4) is 0 Å². The zero-order valence-electron chi connectivity index (χ0n) is 9.54. The lowest BCUT2D eigenvalue weighted by molar-refractivity contribution is 0.0702. The highest BCUT2D eigenvalue weighted by Crippen LogP contribution is 2.25. The second-order valence-electron chi connectivity index (χ2n) is 3.55. The minimum absolute atomic E-state index is 0.362. The number of carboxylic acid groups (broad SMARTS) is 1. The van der Waals surface area contributed by atoms with E-state index in [9.17, 15) is 4.79 Å². The van der Waals surface area contributed by atoms with Crippen molar-refractivity contribution < 1.29 is 14.6 Å². The molecular weight excluding hydrogens is 268 g/mol. The van der Waals surface area contributed by atoms with E-state index in [2.05, 4.69) is 0 Å². The minimum atomic E-state index is -0.878. The summed E-state index contributed by atoms with van der Waals surface area (Å²) < 4.78 is 5.51. The Morgan fingerprint density at radius 1 is 1.33 bits per heavy atom. The summed E-state index contributed by atoms with van der Waals surface area (Å²) in [6, 6.07) is 11.6. The molecule has 0 aliphatic heterocycles. The Morgan fingerprint density at radius 3 is 2.78 bits per heavy atom. The van der Waals surface area contributed by atoms with Crippen LogP contribution in [0.1, 0.15) is 15.2 Å². The van der Waals surface area contributed by atoms with Crippen LogP contribution in [0.5, 0.6) is 0 Å². The molecule has 1 heterocycles. The molecule has 1 aromatic heterocycles. The van der Waals surface area contributed by atoms with Crippen LogP contribution in [0.2, 0.25) is 0 Å². The topological polar surface area (TPSA) is 46.5 Å². The molecular formula is C13H12O3S2. The first-order chi connectivity index (χ1) is 8.75. The average molecular weight is 280 g/mol. The Hall–Kier alpha value is -1.30. The summed E-state index contributed by atoms with van der Waals surface area (Å²) in [6.07, 6.45) is 0. The van der Waals surface area contributed by atoms with Gasteiger partial charge in [-0.15, -0.1) is 11.3 Å². The molecule has 0 saturated heterocycles. The highest BCUT2D eigenvalue weighted by Gasteiger charge is 2.06. The molecule has 1 N–H and O–H groups in total. The molecule has 0 radical (unpaired) electrons. The molecule has 2 rings (SSSR count). The number of hydrogen-bond acceptors (Lipinski definition) is 4. The molecule has 0 atom stereocenters. The van der Waals surface area contributed by atoms with E-state index < -0.39 is 5.97 Å². The normalized spacial score (nSPS) is 10.4. The third kappa shape index (κ3) is 3.87. The van der Waals surface area contributed by atoms with Gasteiger partial charge in [0, 0.05) is 10.3 Å². The van der Waals surface area contributed by atoms with E-state index in [1.54, 1.807) is 6.07 Å². The van der Waals surface area contributed by atoms with Gasteiger partial charge < -0.3 is 9.84 Å². The van der Waals surface area contributed by atoms with Gasteiger partial charge in [0.05, 0.1) is 12.5 Å². The molecule has 0 bridgehead atoms. The molecule has 2 aromatic rings. The highest BCUT2D eigenvalue weighted by molar-refractivity contribution is 7.99. The number of rotatable bonds is 6. The summed E-state index contributed by atoms with van der Waals surface area (Å²) in [5, 5.41) is 10.6. The predicted molar refractivity (Wildman–Crippen MR) is 73.2 cm³/mol. The van der Waals surface area contributed by atoms with E-state index in [1.807, 2.05) is 35.7 Å². The van der Waals surface area contributed by atoms with Crippen molar-refractivity contribution in [2.24, 2.45) is 0 Å². The third-order valence-corrected chi connectivity index (χ3v) is 4.13. The lowest BCUT2D eigenvalue weighted by atomic mass is 10.2. The van der Waals surface area contributed by atoms with Crippen molar-refractivity contribution >= 4 is 29.1 Å². The number of thiophene rings is 1. The van der Waals surface area contributed by atoms with Crippen LogP contribution in [0.4, 0.5) is 0 Å². The maximum atomic E-state index is 10.7. The van der Waals surface area contributed by atoms with Gasteiger partial charge in [-0.2, -0.15) is 0 Å². The Balaban J connectivity index is 1.73. The van der Waals surface area contributed by atoms with Crippen molar-refractivity contribution in [2.75, 3.05) is 5.94 Å². The maximum absolute atomic E-state index is 10.7. The van der Waals surface area contributed by atoms with Crippen molar-refractivity contribution in [2.45, 2.75) is 11.5 Å². The van der Waals surface area contributed by atoms with Crippen LogP contribution < -0.4 is 0 Å². The fourth-order valence-electron chi connectivity index (χ4n) is 1.35. The Labute approximate surface area is 113 Å². The van der Waals surface area contributed by atoms with Crippen LogP contribution in [0, 0.1) is 0 Å². The molecule has 0 spiro atoms. The summed E-state index contributed by atoms with van der Waals surface area (Å²) >= 11 is 2.74. The van der Waals surface area contributed by atoms with Gasteiger partial charge in [-0.25, -0.2) is 4.79 Å². The molecule has 0 aliphatic carbocycles. The molecule has 0 saturated carbocycles. The monoisotopic (exact) mass is 280 g/mol. The zero-order chi connectivity index (χ0) is 12.8. The molecule has 0 aliphatic rings. The van der Waals surface area contributed by atoms with Crippen LogP contribution in [0.15, 0.2) is 46.7 Å². The third-order valence-electron chi connectivity index (χ3n) is 2.21. The first kappa shape index (κ1) is 13.1. The number of ether oxygens (including phenoxy) is 1. The smallest absolute Gasteiger partial charge is 0.345 e. The molecule has 0 amide bonds. The Morgan fingerprint density at radius 2 is 2.11 bits per heavy atom. The van der Waals surface area contributed by atoms with E-state index in [1.165, 1.54) is 23.1 Å². The highest BCUT2D eigenvalue weighted by atomic mass is 32.2. The van der Waals surface area contributed by atoms with Gasteiger partial charge in [0.15, 0.2) is 0 Å². The predicted octanol–water partition coefficient (Wildman–Crippen LogP) is 3.71. The minimum Gasteiger partial charge on any atom is -0.477 e. The van der Waals surface area contributed by atoms with E-state index >= 15 is 0 Å². The standard InChI is InChI=1S/C13H12O3S2/c14-13(15)12-6-11(8-17-12)18-9-16-7-10-4-2-1-3-5-10/h1-6,8H,7,9H2,(H,14,15). The summed E-state index contributed by atoms with van der Waals surface area (Å²) in [4.78, 5) is 12.0. The molecule has 0 unspecified atom stereocenters. The van der Waals surface area contributed by atoms with Gasteiger partial charge >= 0.3 is 5.97 Å². The number of thioether (sulfide) groups is 1. The van der Waals surface area contributed by atoms with Crippen LogP contribution in [-0.2, 0) is 11.3 Å². The largest absolute Gasteiger partial charge is 0.477 e. The average Bonchev–Trinajstić information content (AvgIpc) is 2.85. The molecule has 0 fully saturated rings. The lowest BCUT2D eigenvalue weighted by Crippen LogP contribution is -1.92. The van der Waals surface area contributed by atoms with Crippen molar-refractivity contribution in [1.29, 1.82) is 0 Å². The van der Waals surface area contributed by atoms with Gasteiger partial charge in [-0.05, 0) is 11.6 Å². The van der Waals surface area contributed by atoms with Gasteiger partial charge in [0.1, 0.15) is 4.88 Å². The van der Waals surface area contributed by atoms with Gasteiger partial charge in [0.2, 0.25) is 0 Å². The number of carboxylic acids is 1.